The van der Waals surface area contributed by atoms with Crippen molar-refractivity contribution in [2.75, 3.05) is 32.7 Å². The van der Waals surface area contributed by atoms with E-state index in [9.17, 15) is 14.4 Å². The number of benzene rings is 2. The summed E-state index contributed by atoms with van der Waals surface area (Å²) in [5, 5.41) is 5.55. The SMILES string of the molecule is COc1ccc(NC(=O)CN2C(=O)N[C@H](c3ccc(C)cc3)C3=C2COC3=O)cc1OC. The molecule has 2 heterocycles. The first-order valence-electron chi connectivity index (χ1n) is 9.98. The second-order valence-electron chi connectivity index (χ2n) is 7.43. The van der Waals surface area contributed by atoms with Gasteiger partial charge in [-0.15, -0.1) is 0 Å². The molecular formula is C23H23N3O6. The summed E-state index contributed by atoms with van der Waals surface area (Å²) >= 11 is 0. The molecule has 2 aliphatic heterocycles. The van der Waals surface area contributed by atoms with Gasteiger partial charge >= 0.3 is 12.0 Å². The minimum atomic E-state index is -0.627. The number of ether oxygens (including phenoxy) is 3. The number of amides is 3. The summed E-state index contributed by atoms with van der Waals surface area (Å²) in [4.78, 5) is 39.2. The van der Waals surface area contributed by atoms with Crippen LogP contribution in [0.3, 0.4) is 0 Å². The van der Waals surface area contributed by atoms with Crippen molar-refractivity contribution in [3.05, 3.63) is 64.9 Å². The fraction of sp³-hybridized carbons (Fsp3) is 0.261. The minimum absolute atomic E-state index is 0.0619. The number of anilines is 1. The van der Waals surface area contributed by atoms with E-state index in [1.165, 1.54) is 19.1 Å². The van der Waals surface area contributed by atoms with Gasteiger partial charge < -0.3 is 24.8 Å². The molecule has 9 nitrogen and oxygen atoms in total. The third-order valence-electron chi connectivity index (χ3n) is 5.38. The Bertz CT molecular complexity index is 1110. The van der Waals surface area contributed by atoms with Crippen LogP contribution in [0.5, 0.6) is 11.5 Å². The summed E-state index contributed by atoms with van der Waals surface area (Å²) in [6.07, 6.45) is 0. The van der Waals surface area contributed by atoms with Crippen LogP contribution in [-0.2, 0) is 14.3 Å². The van der Waals surface area contributed by atoms with Crippen LogP contribution in [0.25, 0.3) is 0 Å². The van der Waals surface area contributed by atoms with Crippen LogP contribution < -0.4 is 20.1 Å². The summed E-state index contributed by atoms with van der Waals surface area (Å²) in [6, 6.07) is 11.4. The number of carbonyl (C=O) groups is 3. The lowest BCUT2D eigenvalue weighted by Gasteiger charge is -2.32. The molecule has 0 fully saturated rings. The lowest BCUT2D eigenvalue weighted by molar-refractivity contribution is -0.136. The second kappa shape index (κ2) is 8.62. The van der Waals surface area contributed by atoms with Gasteiger partial charge in [0.05, 0.1) is 31.5 Å². The maximum absolute atomic E-state index is 12.9. The van der Waals surface area contributed by atoms with E-state index in [1.54, 1.807) is 18.2 Å². The first kappa shape index (κ1) is 21.2. The lowest BCUT2D eigenvalue weighted by Crippen LogP contribution is -2.49. The number of rotatable bonds is 6. The molecular weight excluding hydrogens is 414 g/mol. The number of carbonyl (C=O) groups excluding carboxylic acids is 3. The first-order valence-corrected chi connectivity index (χ1v) is 9.98. The maximum Gasteiger partial charge on any atom is 0.338 e. The first-order chi connectivity index (χ1) is 15.4. The van der Waals surface area contributed by atoms with E-state index in [4.69, 9.17) is 14.2 Å². The van der Waals surface area contributed by atoms with E-state index in [2.05, 4.69) is 10.6 Å². The van der Waals surface area contributed by atoms with Crippen molar-refractivity contribution in [3.8, 4) is 11.5 Å². The molecule has 32 heavy (non-hydrogen) atoms. The van der Waals surface area contributed by atoms with Gasteiger partial charge in [-0.1, -0.05) is 29.8 Å². The number of hydrogen-bond acceptors (Lipinski definition) is 6. The molecule has 2 aliphatic rings. The molecule has 1 atom stereocenters. The van der Waals surface area contributed by atoms with Crippen molar-refractivity contribution < 1.29 is 28.6 Å². The van der Waals surface area contributed by atoms with Gasteiger partial charge in [-0.2, -0.15) is 0 Å². The van der Waals surface area contributed by atoms with Crippen LogP contribution in [-0.4, -0.2) is 50.2 Å². The summed E-state index contributed by atoms with van der Waals surface area (Å²) in [5.41, 5.74) is 3.05. The van der Waals surface area contributed by atoms with Gasteiger partial charge in [0.25, 0.3) is 0 Å². The van der Waals surface area contributed by atoms with Gasteiger partial charge in [0.15, 0.2) is 11.5 Å². The number of esters is 1. The second-order valence-corrected chi connectivity index (χ2v) is 7.43. The maximum atomic E-state index is 12.9. The summed E-state index contributed by atoms with van der Waals surface area (Å²) in [6.45, 7) is 1.61. The Morgan fingerprint density at radius 1 is 1.12 bits per heavy atom. The van der Waals surface area contributed by atoms with Crippen molar-refractivity contribution in [2.45, 2.75) is 13.0 Å². The summed E-state index contributed by atoms with van der Waals surface area (Å²) in [7, 11) is 3.02. The Hall–Kier alpha value is -4.01. The average molecular weight is 437 g/mol. The highest BCUT2D eigenvalue weighted by atomic mass is 16.5. The van der Waals surface area contributed by atoms with Crippen molar-refractivity contribution in [1.82, 2.24) is 10.2 Å². The topological polar surface area (TPSA) is 106 Å². The number of aryl methyl sites for hydroxylation is 1. The molecule has 3 amide bonds. The van der Waals surface area contributed by atoms with E-state index in [0.717, 1.165) is 11.1 Å². The molecule has 166 valence electrons. The lowest BCUT2D eigenvalue weighted by atomic mass is 9.95. The fourth-order valence-corrected chi connectivity index (χ4v) is 3.75. The predicted octanol–water partition coefficient (Wildman–Crippen LogP) is 2.53. The Morgan fingerprint density at radius 3 is 2.53 bits per heavy atom. The highest BCUT2D eigenvalue weighted by molar-refractivity contribution is 6.00. The van der Waals surface area contributed by atoms with Crippen LogP contribution in [0.2, 0.25) is 0 Å². The summed E-state index contributed by atoms with van der Waals surface area (Å²) < 4.78 is 15.6. The average Bonchev–Trinajstić information content (AvgIpc) is 3.17. The fourth-order valence-electron chi connectivity index (χ4n) is 3.75. The third-order valence-corrected chi connectivity index (χ3v) is 5.38. The molecule has 0 saturated carbocycles. The zero-order valence-corrected chi connectivity index (χ0v) is 17.9. The molecule has 0 aliphatic carbocycles. The largest absolute Gasteiger partial charge is 0.493 e. The van der Waals surface area contributed by atoms with Gasteiger partial charge in [-0.25, -0.2) is 9.59 Å². The Kier molecular flexibility index (Phi) is 5.72. The normalized spacial score (nSPS) is 17.5. The van der Waals surface area contributed by atoms with Gasteiger partial charge in [-0.05, 0) is 24.6 Å². The molecule has 2 aromatic carbocycles. The van der Waals surface area contributed by atoms with Gasteiger partial charge in [0.1, 0.15) is 13.2 Å². The molecule has 0 spiro atoms. The molecule has 2 N–H and O–H groups in total. The number of methoxy groups -OCH3 is 2. The minimum Gasteiger partial charge on any atom is -0.493 e. The number of urea groups is 1. The smallest absolute Gasteiger partial charge is 0.338 e. The molecule has 0 radical (unpaired) electrons. The Balaban J connectivity index is 1.55. The van der Waals surface area contributed by atoms with Crippen molar-refractivity contribution in [3.63, 3.8) is 0 Å². The van der Waals surface area contributed by atoms with Crippen LogP contribution >= 0.6 is 0 Å². The number of nitrogens with zero attached hydrogens (tertiary/aromatic N) is 1. The van der Waals surface area contributed by atoms with E-state index in [-0.39, 0.29) is 13.2 Å². The zero-order chi connectivity index (χ0) is 22.8. The monoisotopic (exact) mass is 437 g/mol. The van der Waals surface area contributed by atoms with Crippen LogP contribution in [0.1, 0.15) is 17.2 Å². The standard InChI is InChI=1S/C23H23N3O6/c1-13-4-6-14(7-5-13)21-20-16(12-32-22(20)28)26(23(29)25-21)11-19(27)24-15-8-9-17(30-2)18(10-15)31-3/h4-10,21H,11-12H2,1-3H3,(H,24,27)(H,25,29)/t21-/m1/s1. The number of nitrogens with one attached hydrogen (secondary N) is 2. The molecule has 4 rings (SSSR count). The van der Waals surface area contributed by atoms with E-state index in [0.29, 0.717) is 28.5 Å². The molecule has 0 aromatic heterocycles. The van der Waals surface area contributed by atoms with Crippen molar-refractivity contribution in [2.24, 2.45) is 0 Å². The molecule has 0 bridgehead atoms. The molecule has 2 aromatic rings. The van der Waals surface area contributed by atoms with Gasteiger partial charge in [-0.3, -0.25) is 9.69 Å². The quantitative estimate of drug-likeness (QED) is 0.673. The van der Waals surface area contributed by atoms with E-state index in [1.807, 2.05) is 31.2 Å². The van der Waals surface area contributed by atoms with Crippen LogP contribution in [0.15, 0.2) is 53.7 Å². The molecule has 0 saturated heterocycles. The Morgan fingerprint density at radius 2 is 1.84 bits per heavy atom. The summed E-state index contributed by atoms with van der Waals surface area (Å²) in [5.74, 6) is 0.0458. The van der Waals surface area contributed by atoms with Crippen LogP contribution in [0, 0.1) is 6.92 Å². The van der Waals surface area contributed by atoms with Crippen LogP contribution in [0.4, 0.5) is 10.5 Å². The zero-order valence-electron chi connectivity index (χ0n) is 17.9. The predicted molar refractivity (Wildman–Crippen MR) is 115 cm³/mol. The number of cyclic esters (lactones) is 1. The van der Waals surface area contributed by atoms with Crippen molar-refractivity contribution >= 4 is 23.6 Å². The molecule has 9 heteroatoms. The Labute approximate surface area is 184 Å². The molecule has 0 unspecified atom stereocenters. The van der Waals surface area contributed by atoms with Gasteiger partial charge in [0.2, 0.25) is 5.91 Å². The van der Waals surface area contributed by atoms with E-state index >= 15 is 0 Å². The van der Waals surface area contributed by atoms with Gasteiger partial charge in [0, 0.05) is 11.8 Å². The highest BCUT2D eigenvalue weighted by Crippen LogP contribution is 2.35. The number of hydrogen-bond donors (Lipinski definition) is 2. The van der Waals surface area contributed by atoms with E-state index < -0.39 is 23.9 Å². The third kappa shape index (κ3) is 3.96. The highest BCUT2D eigenvalue weighted by Gasteiger charge is 2.42. The van der Waals surface area contributed by atoms with Crippen molar-refractivity contribution in [1.29, 1.82) is 0 Å².